The largest absolute Gasteiger partial charge is 0.321 e. The van der Waals surface area contributed by atoms with Crippen molar-refractivity contribution in [3.05, 3.63) is 87.9 Å². The summed E-state index contributed by atoms with van der Waals surface area (Å²) in [5.41, 5.74) is 2.22. The number of anilines is 2. The highest BCUT2D eigenvalue weighted by molar-refractivity contribution is 7.92. The van der Waals surface area contributed by atoms with E-state index in [9.17, 15) is 13.2 Å². The SMILES string of the molecule is O=C(Nc1cc(Cl)ccc1Cl)c1ccc2c(c1)CCN2S(=O)(=O)c1ccccc1. The van der Waals surface area contributed by atoms with Crippen LogP contribution in [-0.2, 0) is 16.4 Å². The molecule has 3 aromatic carbocycles. The molecule has 3 aromatic rings. The molecular formula is C21H16Cl2N2O3S. The molecule has 0 bridgehead atoms. The molecule has 0 unspecified atom stereocenters. The third-order valence-corrected chi connectivity index (χ3v) is 7.09. The van der Waals surface area contributed by atoms with Crippen LogP contribution in [0.1, 0.15) is 15.9 Å². The summed E-state index contributed by atoms with van der Waals surface area (Å²) in [7, 11) is -3.64. The molecule has 0 atom stereocenters. The van der Waals surface area contributed by atoms with Crippen LogP contribution in [0, 0.1) is 0 Å². The first kappa shape index (κ1) is 19.8. The maximum absolute atomic E-state index is 12.9. The van der Waals surface area contributed by atoms with E-state index in [2.05, 4.69) is 5.32 Å². The van der Waals surface area contributed by atoms with Gasteiger partial charge in [0.25, 0.3) is 15.9 Å². The molecule has 1 aliphatic heterocycles. The summed E-state index contributed by atoms with van der Waals surface area (Å²) in [6.45, 7) is 0.331. The summed E-state index contributed by atoms with van der Waals surface area (Å²) in [5.74, 6) is -0.346. The highest BCUT2D eigenvalue weighted by Gasteiger charge is 2.31. The van der Waals surface area contributed by atoms with Gasteiger partial charge in [-0.1, -0.05) is 41.4 Å². The molecule has 0 fully saturated rings. The Morgan fingerprint density at radius 3 is 2.48 bits per heavy atom. The maximum Gasteiger partial charge on any atom is 0.264 e. The third kappa shape index (κ3) is 3.83. The van der Waals surface area contributed by atoms with E-state index in [0.29, 0.717) is 39.9 Å². The van der Waals surface area contributed by atoms with Gasteiger partial charge in [0, 0.05) is 17.1 Å². The fraction of sp³-hybridized carbons (Fsp3) is 0.0952. The molecule has 0 saturated heterocycles. The van der Waals surface area contributed by atoms with Crippen molar-refractivity contribution >= 4 is 50.5 Å². The smallest absolute Gasteiger partial charge is 0.264 e. The first-order valence-electron chi connectivity index (χ1n) is 8.83. The topological polar surface area (TPSA) is 66.5 Å². The molecule has 8 heteroatoms. The van der Waals surface area contributed by atoms with Gasteiger partial charge in [0.2, 0.25) is 0 Å². The molecule has 29 heavy (non-hydrogen) atoms. The Hall–Kier alpha value is -2.54. The molecule has 5 nitrogen and oxygen atoms in total. The number of benzene rings is 3. The van der Waals surface area contributed by atoms with Crippen LogP contribution >= 0.6 is 23.2 Å². The molecule has 1 heterocycles. The van der Waals surface area contributed by atoms with Gasteiger partial charge in [0.15, 0.2) is 0 Å². The summed E-state index contributed by atoms with van der Waals surface area (Å²) >= 11 is 12.1. The van der Waals surface area contributed by atoms with Crippen LogP contribution < -0.4 is 9.62 Å². The van der Waals surface area contributed by atoms with E-state index in [-0.39, 0.29) is 10.8 Å². The number of hydrogen-bond acceptors (Lipinski definition) is 3. The summed E-state index contributed by atoms with van der Waals surface area (Å²) in [6.07, 6.45) is 0.528. The van der Waals surface area contributed by atoms with Crippen molar-refractivity contribution in [2.45, 2.75) is 11.3 Å². The van der Waals surface area contributed by atoms with Crippen molar-refractivity contribution < 1.29 is 13.2 Å². The lowest BCUT2D eigenvalue weighted by molar-refractivity contribution is 0.102. The molecular weight excluding hydrogens is 431 g/mol. The van der Waals surface area contributed by atoms with Crippen LogP contribution in [-0.4, -0.2) is 20.9 Å². The van der Waals surface area contributed by atoms with E-state index in [1.54, 1.807) is 66.7 Å². The second-order valence-electron chi connectivity index (χ2n) is 6.56. The lowest BCUT2D eigenvalue weighted by Crippen LogP contribution is -2.29. The molecule has 4 rings (SSSR count). The summed E-state index contributed by atoms with van der Waals surface area (Å²) in [4.78, 5) is 12.9. The first-order chi connectivity index (χ1) is 13.9. The Kier molecular flexibility index (Phi) is 5.25. The minimum atomic E-state index is -3.64. The fourth-order valence-electron chi connectivity index (χ4n) is 3.27. The van der Waals surface area contributed by atoms with Gasteiger partial charge in [-0.25, -0.2) is 8.42 Å². The molecule has 1 aliphatic rings. The van der Waals surface area contributed by atoms with Crippen LogP contribution in [0.25, 0.3) is 0 Å². The summed E-state index contributed by atoms with van der Waals surface area (Å²) in [6, 6.07) is 18.1. The zero-order valence-corrected chi connectivity index (χ0v) is 17.4. The van der Waals surface area contributed by atoms with Gasteiger partial charge in [-0.2, -0.15) is 0 Å². The van der Waals surface area contributed by atoms with Gasteiger partial charge in [0.1, 0.15) is 0 Å². The molecule has 1 amide bonds. The van der Waals surface area contributed by atoms with E-state index < -0.39 is 10.0 Å². The van der Waals surface area contributed by atoms with Gasteiger partial charge in [-0.05, 0) is 60.5 Å². The van der Waals surface area contributed by atoms with E-state index >= 15 is 0 Å². The highest BCUT2D eigenvalue weighted by Crippen LogP contribution is 2.34. The van der Waals surface area contributed by atoms with Gasteiger partial charge >= 0.3 is 0 Å². The molecule has 148 valence electrons. The summed E-state index contributed by atoms with van der Waals surface area (Å²) in [5, 5.41) is 3.58. The molecule has 0 aliphatic carbocycles. The quantitative estimate of drug-likeness (QED) is 0.613. The van der Waals surface area contributed by atoms with Crippen molar-refractivity contribution in [1.82, 2.24) is 0 Å². The number of amides is 1. The van der Waals surface area contributed by atoms with Crippen LogP contribution in [0.5, 0.6) is 0 Å². The Bertz CT molecular complexity index is 1200. The number of rotatable bonds is 4. The van der Waals surface area contributed by atoms with E-state index in [1.165, 1.54) is 4.31 Å². The van der Waals surface area contributed by atoms with Crippen LogP contribution in [0.4, 0.5) is 11.4 Å². The third-order valence-electron chi connectivity index (χ3n) is 4.70. The predicted molar refractivity (Wildman–Crippen MR) is 116 cm³/mol. The Balaban J connectivity index is 1.60. The Labute approximate surface area is 178 Å². The van der Waals surface area contributed by atoms with Gasteiger partial charge in [0.05, 0.1) is 21.3 Å². The van der Waals surface area contributed by atoms with Crippen LogP contribution in [0.2, 0.25) is 10.0 Å². The lowest BCUT2D eigenvalue weighted by atomic mass is 10.1. The van der Waals surface area contributed by atoms with Gasteiger partial charge < -0.3 is 5.32 Å². The van der Waals surface area contributed by atoms with Crippen molar-refractivity contribution in [2.75, 3.05) is 16.2 Å². The number of carbonyl (C=O) groups is 1. The zero-order valence-electron chi connectivity index (χ0n) is 15.1. The van der Waals surface area contributed by atoms with Crippen LogP contribution in [0.3, 0.4) is 0 Å². The molecule has 0 radical (unpaired) electrons. The zero-order chi connectivity index (χ0) is 20.6. The average molecular weight is 447 g/mol. The fourth-order valence-corrected chi connectivity index (χ4v) is 5.13. The standard InChI is InChI=1S/C21H16Cl2N2O3S/c22-16-7-8-18(23)19(13-16)24-21(26)15-6-9-20-14(12-15)10-11-25(20)29(27,28)17-4-2-1-3-5-17/h1-9,12-13H,10-11H2,(H,24,26). The number of halogens is 2. The number of carbonyl (C=O) groups excluding carboxylic acids is 1. The minimum Gasteiger partial charge on any atom is -0.321 e. The normalized spacial score (nSPS) is 13.2. The number of fused-ring (bicyclic) bond motifs is 1. The van der Waals surface area contributed by atoms with Crippen molar-refractivity contribution in [2.24, 2.45) is 0 Å². The van der Waals surface area contributed by atoms with E-state index in [4.69, 9.17) is 23.2 Å². The number of nitrogens with one attached hydrogen (secondary N) is 1. The predicted octanol–water partition coefficient (Wildman–Crippen LogP) is 5.00. The number of hydrogen-bond donors (Lipinski definition) is 1. The number of nitrogens with zero attached hydrogens (tertiary/aromatic N) is 1. The molecule has 0 spiro atoms. The molecule has 0 aromatic heterocycles. The van der Waals surface area contributed by atoms with E-state index in [1.807, 2.05) is 0 Å². The van der Waals surface area contributed by atoms with Crippen molar-refractivity contribution in [3.63, 3.8) is 0 Å². The van der Waals surface area contributed by atoms with Crippen LogP contribution in [0.15, 0.2) is 71.6 Å². The van der Waals surface area contributed by atoms with Crippen molar-refractivity contribution in [1.29, 1.82) is 0 Å². The van der Waals surface area contributed by atoms with Gasteiger partial charge in [-0.15, -0.1) is 0 Å². The maximum atomic E-state index is 12.9. The lowest BCUT2D eigenvalue weighted by Gasteiger charge is -2.19. The first-order valence-corrected chi connectivity index (χ1v) is 11.0. The second-order valence-corrected chi connectivity index (χ2v) is 9.27. The second kappa shape index (κ2) is 7.71. The van der Waals surface area contributed by atoms with Gasteiger partial charge in [-0.3, -0.25) is 9.10 Å². The minimum absolute atomic E-state index is 0.241. The molecule has 0 saturated carbocycles. The Morgan fingerprint density at radius 1 is 0.966 bits per heavy atom. The average Bonchev–Trinajstić information content (AvgIpc) is 3.15. The summed E-state index contributed by atoms with van der Waals surface area (Å²) < 4.78 is 27.3. The Morgan fingerprint density at radius 2 is 1.72 bits per heavy atom. The number of sulfonamides is 1. The highest BCUT2D eigenvalue weighted by atomic mass is 35.5. The van der Waals surface area contributed by atoms with Crippen molar-refractivity contribution in [3.8, 4) is 0 Å². The molecule has 1 N–H and O–H groups in total. The monoisotopic (exact) mass is 446 g/mol. The van der Waals surface area contributed by atoms with E-state index in [0.717, 1.165) is 5.56 Å².